The summed E-state index contributed by atoms with van der Waals surface area (Å²) in [7, 11) is 0. The number of hydrogen-bond donors (Lipinski definition) is 1. The van der Waals surface area contributed by atoms with E-state index in [4.69, 9.17) is 10.1 Å². The second-order valence-electron chi connectivity index (χ2n) is 3.78. The molecule has 13 heavy (non-hydrogen) atoms. The predicted molar refractivity (Wildman–Crippen MR) is 52.7 cm³/mol. The van der Waals surface area contributed by atoms with E-state index in [1.54, 1.807) is 27.7 Å². The molecule has 0 rings (SSSR count). The van der Waals surface area contributed by atoms with Crippen LogP contribution in [0.25, 0.3) is 0 Å². The maximum atomic E-state index is 11.0. The van der Waals surface area contributed by atoms with Crippen LogP contribution in [-0.4, -0.2) is 24.1 Å². The average Bonchev–Trinajstić information content (AvgIpc) is 1.97. The molecule has 74 valence electrons. The van der Waals surface area contributed by atoms with Crippen LogP contribution in [0, 0.1) is 11.3 Å². The molecule has 0 bridgehead atoms. The second-order valence-corrected chi connectivity index (χ2v) is 3.78. The van der Waals surface area contributed by atoms with E-state index in [-0.39, 0.29) is 5.92 Å². The van der Waals surface area contributed by atoms with Crippen molar-refractivity contribution in [2.45, 2.75) is 33.3 Å². The van der Waals surface area contributed by atoms with Gasteiger partial charge in [-0.3, -0.25) is 0 Å². The van der Waals surface area contributed by atoms with Crippen LogP contribution in [0.2, 0.25) is 0 Å². The minimum absolute atomic E-state index is 0.132. The Morgan fingerprint density at radius 3 is 2.46 bits per heavy atom. The van der Waals surface area contributed by atoms with E-state index >= 15 is 0 Å². The molecular weight excluding hydrogens is 168 g/mol. The third kappa shape index (κ3) is 7.18. The monoisotopic (exact) mass is 184 g/mol. The molecule has 0 aliphatic carbocycles. The van der Waals surface area contributed by atoms with Crippen LogP contribution >= 0.6 is 0 Å². The van der Waals surface area contributed by atoms with Gasteiger partial charge in [0, 0.05) is 18.3 Å². The zero-order valence-electron chi connectivity index (χ0n) is 8.50. The first-order chi connectivity index (χ1) is 5.85. The maximum absolute atomic E-state index is 11.0. The van der Waals surface area contributed by atoms with E-state index in [9.17, 15) is 4.79 Å². The number of aliphatic imine (C=N–C) groups is 1. The van der Waals surface area contributed by atoms with Crippen molar-refractivity contribution >= 4 is 18.5 Å². The fourth-order valence-electron chi connectivity index (χ4n) is 0.510. The zero-order chi connectivity index (χ0) is 10.5. The van der Waals surface area contributed by atoms with E-state index in [2.05, 4.69) is 4.99 Å². The lowest BCUT2D eigenvalue weighted by Crippen LogP contribution is -2.22. The Bertz CT molecular complexity index is 216. The van der Waals surface area contributed by atoms with Gasteiger partial charge in [-0.15, -0.1) is 0 Å². The summed E-state index contributed by atoms with van der Waals surface area (Å²) in [4.78, 5) is 14.5. The number of carbonyl (C=O) groups excluding carboxylic acids is 1. The highest BCUT2D eigenvalue weighted by Gasteiger charge is 2.14. The van der Waals surface area contributed by atoms with Crippen molar-refractivity contribution in [2.24, 2.45) is 10.9 Å². The van der Waals surface area contributed by atoms with Gasteiger partial charge >= 0.3 is 6.09 Å². The Morgan fingerprint density at radius 1 is 1.54 bits per heavy atom. The fraction of sp³-hybridized carbons (Fsp3) is 0.667. The predicted octanol–water partition coefficient (Wildman–Crippen LogP) is 2.28. The molecule has 1 N–H and O–H groups in total. The van der Waals surface area contributed by atoms with Crippen LogP contribution in [0.1, 0.15) is 27.7 Å². The molecule has 1 atom stereocenters. The largest absolute Gasteiger partial charge is 0.442 e. The lowest BCUT2D eigenvalue weighted by atomic mass is 10.2. The first-order valence-electron chi connectivity index (χ1n) is 4.13. The van der Waals surface area contributed by atoms with Crippen molar-refractivity contribution in [3.8, 4) is 0 Å². The molecule has 0 aromatic heterocycles. The minimum atomic E-state index is -0.610. The maximum Gasteiger partial charge on any atom is 0.433 e. The van der Waals surface area contributed by atoms with Crippen molar-refractivity contribution in [1.29, 1.82) is 5.41 Å². The summed E-state index contributed by atoms with van der Waals surface area (Å²) in [6.45, 7) is 7.10. The van der Waals surface area contributed by atoms with Gasteiger partial charge in [0.1, 0.15) is 5.60 Å². The van der Waals surface area contributed by atoms with Crippen LogP contribution in [0.4, 0.5) is 4.79 Å². The Hall–Kier alpha value is -1.19. The van der Waals surface area contributed by atoms with Gasteiger partial charge in [-0.1, -0.05) is 6.92 Å². The van der Waals surface area contributed by atoms with E-state index in [1.165, 1.54) is 12.4 Å². The fourth-order valence-corrected chi connectivity index (χ4v) is 0.510. The van der Waals surface area contributed by atoms with Crippen molar-refractivity contribution in [3.63, 3.8) is 0 Å². The lowest BCUT2D eigenvalue weighted by molar-refractivity contribution is 0.0604. The Labute approximate surface area is 78.5 Å². The molecular formula is C9H16N2O2. The van der Waals surface area contributed by atoms with Crippen LogP contribution in [0.3, 0.4) is 0 Å². The number of ether oxygens (including phenoxy) is 1. The number of rotatable bonds is 2. The normalized spacial score (nSPS) is 14.2. The van der Waals surface area contributed by atoms with Crippen molar-refractivity contribution < 1.29 is 9.53 Å². The van der Waals surface area contributed by atoms with Crippen LogP contribution in [-0.2, 0) is 4.74 Å². The van der Waals surface area contributed by atoms with E-state index in [0.29, 0.717) is 0 Å². The third-order valence-corrected chi connectivity index (χ3v) is 1.07. The lowest BCUT2D eigenvalue weighted by Gasteiger charge is -2.17. The van der Waals surface area contributed by atoms with Crippen molar-refractivity contribution in [1.82, 2.24) is 0 Å². The van der Waals surface area contributed by atoms with Gasteiger partial charge in [0.05, 0.1) is 0 Å². The molecule has 1 unspecified atom stereocenters. The number of hydrogen-bond acceptors (Lipinski definition) is 3. The summed E-state index contributed by atoms with van der Waals surface area (Å²) in [6.07, 6.45) is 1.98. The van der Waals surface area contributed by atoms with E-state index in [0.717, 1.165) is 0 Å². The summed E-state index contributed by atoms with van der Waals surface area (Å²) in [5, 5.41) is 6.86. The molecule has 0 aromatic carbocycles. The van der Waals surface area contributed by atoms with Crippen LogP contribution < -0.4 is 0 Å². The highest BCUT2D eigenvalue weighted by Crippen LogP contribution is 2.07. The molecule has 0 saturated heterocycles. The van der Waals surface area contributed by atoms with Gasteiger partial charge in [0.15, 0.2) is 0 Å². The van der Waals surface area contributed by atoms with Gasteiger partial charge in [-0.05, 0) is 20.8 Å². The molecule has 4 nitrogen and oxygen atoms in total. The van der Waals surface area contributed by atoms with E-state index in [1.807, 2.05) is 0 Å². The zero-order valence-corrected chi connectivity index (χ0v) is 8.50. The highest BCUT2D eigenvalue weighted by atomic mass is 16.6. The standard InChI is InChI=1S/C9H16N2O2/c1-7(5-10)6-11-8(12)13-9(2,3)4/h5-7,10H,1-4H3. The summed E-state index contributed by atoms with van der Waals surface area (Å²) in [5.74, 6) is -0.132. The first kappa shape index (κ1) is 11.8. The first-order valence-corrected chi connectivity index (χ1v) is 4.13. The molecule has 0 spiro atoms. The Morgan fingerprint density at radius 2 is 2.08 bits per heavy atom. The molecule has 0 radical (unpaired) electrons. The van der Waals surface area contributed by atoms with Crippen LogP contribution in [0.15, 0.2) is 4.99 Å². The van der Waals surface area contributed by atoms with Gasteiger partial charge in [-0.25, -0.2) is 4.79 Å². The quantitative estimate of drug-likeness (QED) is 0.669. The van der Waals surface area contributed by atoms with Gasteiger partial charge in [0.25, 0.3) is 0 Å². The number of carbonyl (C=O) groups is 1. The SMILES string of the molecule is CC(C=N)C=NC(=O)OC(C)(C)C. The van der Waals surface area contributed by atoms with Gasteiger partial charge in [0.2, 0.25) is 0 Å². The van der Waals surface area contributed by atoms with Crippen molar-refractivity contribution in [2.75, 3.05) is 0 Å². The molecule has 0 aliphatic rings. The smallest absolute Gasteiger partial charge is 0.433 e. The molecule has 0 fully saturated rings. The number of nitrogens with one attached hydrogen (secondary N) is 1. The Kier molecular flexibility index (Phi) is 4.31. The highest BCUT2D eigenvalue weighted by molar-refractivity contribution is 5.88. The summed E-state index contributed by atoms with van der Waals surface area (Å²) in [5.41, 5.74) is -0.512. The molecule has 0 heterocycles. The van der Waals surface area contributed by atoms with Crippen molar-refractivity contribution in [3.05, 3.63) is 0 Å². The third-order valence-electron chi connectivity index (χ3n) is 1.07. The minimum Gasteiger partial charge on any atom is -0.442 e. The second kappa shape index (κ2) is 4.74. The number of amides is 1. The topological polar surface area (TPSA) is 62.5 Å². The van der Waals surface area contributed by atoms with Crippen LogP contribution in [0.5, 0.6) is 0 Å². The molecule has 0 aliphatic heterocycles. The Balaban J connectivity index is 4.02. The molecule has 4 heteroatoms. The molecule has 0 saturated carbocycles. The summed E-state index contributed by atoms with van der Waals surface area (Å²) < 4.78 is 4.92. The van der Waals surface area contributed by atoms with Gasteiger partial charge < -0.3 is 10.1 Å². The summed E-state index contributed by atoms with van der Waals surface area (Å²) in [6, 6.07) is 0. The van der Waals surface area contributed by atoms with E-state index < -0.39 is 11.7 Å². The van der Waals surface area contributed by atoms with Gasteiger partial charge in [-0.2, -0.15) is 4.99 Å². The molecule has 1 amide bonds. The number of nitrogens with zero attached hydrogens (tertiary/aromatic N) is 1. The molecule has 0 aromatic rings. The summed E-state index contributed by atoms with van der Waals surface area (Å²) >= 11 is 0. The average molecular weight is 184 g/mol.